The number of anilines is 1. The Hall–Kier alpha value is -1.29. The van der Waals surface area contributed by atoms with Gasteiger partial charge in [-0.1, -0.05) is 12.1 Å². The van der Waals surface area contributed by atoms with Gasteiger partial charge in [0.05, 0.1) is 11.4 Å². The predicted octanol–water partition coefficient (Wildman–Crippen LogP) is 2.80. The number of fused-ring (bicyclic) bond motifs is 3. The Balaban J connectivity index is 2.22. The van der Waals surface area contributed by atoms with E-state index in [-0.39, 0.29) is 0 Å². The van der Waals surface area contributed by atoms with E-state index in [1.165, 1.54) is 0 Å². The molecule has 1 aliphatic rings. The van der Waals surface area contributed by atoms with E-state index in [2.05, 4.69) is 25.9 Å². The second kappa shape index (κ2) is 3.35. The van der Waals surface area contributed by atoms with E-state index in [0.29, 0.717) is 6.54 Å². The molecule has 0 radical (unpaired) electrons. The molecule has 0 N–H and O–H groups in total. The number of rotatable bonds is 0. The summed E-state index contributed by atoms with van der Waals surface area (Å²) in [7, 11) is 1.99. The number of nitrogens with zero attached hydrogens (tertiary/aromatic N) is 3. The van der Waals surface area contributed by atoms with Crippen LogP contribution in [0.2, 0.25) is 0 Å². The molecule has 1 aromatic heterocycles. The van der Waals surface area contributed by atoms with Crippen LogP contribution in [0.25, 0.3) is 11.3 Å². The van der Waals surface area contributed by atoms with Crippen molar-refractivity contribution in [2.24, 2.45) is 6.98 Å². The molecule has 16 heavy (non-hydrogen) atoms. The van der Waals surface area contributed by atoms with E-state index in [4.69, 9.17) is 4.11 Å². The molecule has 3 nitrogen and oxygen atoms in total. The Bertz CT molecular complexity index is 648. The third-order valence-corrected chi connectivity index (χ3v) is 3.46. The summed E-state index contributed by atoms with van der Waals surface area (Å²) in [6.45, 7) is -1.58. The Morgan fingerprint density at radius 1 is 1.50 bits per heavy atom. The van der Waals surface area contributed by atoms with Crippen LogP contribution in [0.15, 0.2) is 28.9 Å². The Morgan fingerprint density at radius 3 is 3.19 bits per heavy atom. The molecule has 0 amide bonds. The minimum atomic E-state index is -2.23. The second-order valence-electron chi connectivity index (χ2n) is 3.94. The maximum absolute atomic E-state index is 7.44. The minimum Gasteiger partial charge on any atom is -0.369 e. The van der Waals surface area contributed by atoms with Crippen molar-refractivity contribution in [2.45, 2.75) is 6.54 Å². The smallest absolute Gasteiger partial charge is 0.0994 e. The van der Waals surface area contributed by atoms with Crippen LogP contribution in [0.3, 0.4) is 0 Å². The van der Waals surface area contributed by atoms with E-state index >= 15 is 0 Å². The van der Waals surface area contributed by atoms with Crippen LogP contribution in [0.1, 0.15) is 9.68 Å². The van der Waals surface area contributed by atoms with Gasteiger partial charge in [0, 0.05) is 46.5 Å². The summed E-state index contributed by atoms with van der Waals surface area (Å²) in [5.74, 6) is 0. The molecular formula is C12H12BrN3. The van der Waals surface area contributed by atoms with Gasteiger partial charge in [-0.05, 0) is 22.0 Å². The first-order chi connectivity index (χ1) is 8.88. The van der Waals surface area contributed by atoms with Gasteiger partial charge in [-0.2, -0.15) is 5.10 Å². The fourth-order valence-electron chi connectivity index (χ4n) is 2.18. The number of hydrogen-bond acceptors (Lipinski definition) is 2. The molecule has 0 aliphatic carbocycles. The van der Waals surface area contributed by atoms with Crippen molar-refractivity contribution in [3.63, 3.8) is 0 Å². The lowest BCUT2D eigenvalue weighted by Crippen LogP contribution is -2.21. The molecule has 2 aromatic rings. The van der Waals surface area contributed by atoms with Crippen LogP contribution in [-0.2, 0) is 13.5 Å². The average Bonchev–Trinajstić information content (AvgIpc) is 2.72. The molecule has 3 rings (SSSR count). The molecule has 0 unspecified atom stereocenters. The van der Waals surface area contributed by atoms with E-state index < -0.39 is 6.98 Å². The largest absolute Gasteiger partial charge is 0.369 e. The normalized spacial score (nSPS) is 17.1. The lowest BCUT2D eigenvalue weighted by atomic mass is 10.0. The topological polar surface area (TPSA) is 21.1 Å². The van der Waals surface area contributed by atoms with Gasteiger partial charge >= 0.3 is 0 Å². The first kappa shape index (κ1) is 7.12. The SMILES string of the molecule is [2H]C([2H])([2H])n1cc2c(n1)-c1cccc(Br)c1N(C)C2. The van der Waals surface area contributed by atoms with Crippen molar-refractivity contribution in [1.82, 2.24) is 9.78 Å². The Morgan fingerprint density at radius 2 is 2.38 bits per heavy atom. The van der Waals surface area contributed by atoms with Crippen LogP contribution in [0.4, 0.5) is 5.69 Å². The molecule has 0 saturated heterocycles. The number of aryl methyl sites for hydroxylation is 1. The van der Waals surface area contributed by atoms with Gasteiger partial charge in [-0.3, -0.25) is 4.68 Å². The van der Waals surface area contributed by atoms with Crippen molar-refractivity contribution >= 4 is 21.6 Å². The molecule has 0 fully saturated rings. The van der Waals surface area contributed by atoms with Gasteiger partial charge in [0.1, 0.15) is 0 Å². The highest BCUT2D eigenvalue weighted by Crippen LogP contribution is 2.41. The van der Waals surface area contributed by atoms with Crippen LogP contribution in [0, 0.1) is 0 Å². The zero-order valence-electron chi connectivity index (χ0n) is 11.7. The quantitative estimate of drug-likeness (QED) is 0.740. The third kappa shape index (κ3) is 1.29. The van der Waals surface area contributed by atoms with Gasteiger partial charge in [0.15, 0.2) is 0 Å². The molecular weight excluding hydrogens is 266 g/mol. The number of aromatic nitrogens is 2. The molecule has 0 spiro atoms. The summed E-state index contributed by atoms with van der Waals surface area (Å²) in [5.41, 5.74) is 3.70. The zero-order valence-corrected chi connectivity index (χ0v) is 10.3. The Labute approximate surface area is 107 Å². The monoisotopic (exact) mass is 280 g/mol. The maximum Gasteiger partial charge on any atom is 0.0994 e. The van der Waals surface area contributed by atoms with Crippen molar-refractivity contribution < 1.29 is 4.11 Å². The number of halogens is 1. The summed E-state index contributed by atoms with van der Waals surface area (Å²) in [6, 6.07) is 5.87. The molecule has 0 saturated carbocycles. The number of hydrogen-bond donors (Lipinski definition) is 0. The Kier molecular flexibility index (Phi) is 1.49. The predicted molar refractivity (Wildman–Crippen MR) is 68.5 cm³/mol. The summed E-state index contributed by atoms with van der Waals surface area (Å²) < 4.78 is 24.4. The molecule has 1 aromatic carbocycles. The van der Waals surface area contributed by atoms with Gasteiger partial charge in [-0.15, -0.1) is 0 Å². The molecule has 82 valence electrons. The molecule has 0 atom stereocenters. The highest BCUT2D eigenvalue weighted by Gasteiger charge is 2.23. The van der Waals surface area contributed by atoms with Crippen LogP contribution < -0.4 is 4.90 Å². The molecule has 0 bridgehead atoms. The van der Waals surface area contributed by atoms with Crippen LogP contribution >= 0.6 is 15.9 Å². The first-order valence-electron chi connectivity index (χ1n) is 6.47. The third-order valence-electron chi connectivity index (χ3n) is 2.82. The number of benzene rings is 1. The van der Waals surface area contributed by atoms with Crippen molar-refractivity contribution in [2.75, 3.05) is 11.9 Å². The van der Waals surface area contributed by atoms with Crippen molar-refractivity contribution in [1.29, 1.82) is 0 Å². The van der Waals surface area contributed by atoms with Crippen LogP contribution in [0.5, 0.6) is 0 Å². The first-order valence-corrected chi connectivity index (χ1v) is 5.76. The lowest BCUT2D eigenvalue weighted by Gasteiger charge is -2.27. The van der Waals surface area contributed by atoms with E-state index in [0.717, 1.165) is 31.7 Å². The summed E-state index contributed by atoms with van der Waals surface area (Å²) in [5, 5.41) is 4.25. The highest BCUT2D eigenvalue weighted by molar-refractivity contribution is 9.10. The maximum atomic E-state index is 7.44. The molecule has 2 heterocycles. The van der Waals surface area contributed by atoms with Crippen LogP contribution in [-0.4, -0.2) is 16.8 Å². The van der Waals surface area contributed by atoms with E-state index in [9.17, 15) is 0 Å². The van der Waals surface area contributed by atoms with Crippen molar-refractivity contribution in [3.05, 3.63) is 34.4 Å². The minimum absolute atomic E-state index is 0.654. The molecule has 4 heteroatoms. The van der Waals surface area contributed by atoms with Gasteiger partial charge in [0.25, 0.3) is 0 Å². The highest BCUT2D eigenvalue weighted by atomic mass is 79.9. The lowest BCUT2D eigenvalue weighted by molar-refractivity contribution is 0.770. The summed E-state index contributed by atoms with van der Waals surface area (Å²) in [4.78, 5) is 2.09. The standard InChI is InChI=1S/C12H12BrN3/c1-15-6-8-7-16(2)14-11(8)9-4-3-5-10(13)12(9)15/h3-5,7H,6H2,1-2H3/i2D3. The van der Waals surface area contributed by atoms with Crippen molar-refractivity contribution in [3.8, 4) is 11.3 Å². The summed E-state index contributed by atoms with van der Waals surface area (Å²) in [6.07, 6.45) is 1.61. The summed E-state index contributed by atoms with van der Waals surface area (Å²) >= 11 is 3.53. The van der Waals surface area contributed by atoms with Gasteiger partial charge in [0.2, 0.25) is 0 Å². The number of para-hydroxylation sites is 1. The van der Waals surface area contributed by atoms with E-state index in [1.807, 2.05) is 25.2 Å². The second-order valence-corrected chi connectivity index (χ2v) is 4.79. The molecule has 1 aliphatic heterocycles. The fraction of sp³-hybridized carbons (Fsp3) is 0.250. The average molecular weight is 281 g/mol. The van der Waals surface area contributed by atoms with Gasteiger partial charge < -0.3 is 4.90 Å². The van der Waals surface area contributed by atoms with E-state index in [1.54, 1.807) is 6.20 Å². The fourth-order valence-corrected chi connectivity index (χ4v) is 2.85. The zero-order chi connectivity index (χ0) is 13.8. The van der Waals surface area contributed by atoms with Gasteiger partial charge in [-0.25, -0.2) is 0 Å².